The molecule has 25 heavy (non-hydrogen) atoms. The van der Waals surface area contributed by atoms with Gasteiger partial charge in [-0.2, -0.15) is 0 Å². The highest BCUT2D eigenvalue weighted by Crippen LogP contribution is 2.18. The minimum Gasteiger partial charge on any atom is -0.383 e. The van der Waals surface area contributed by atoms with Crippen LogP contribution in [0.15, 0.2) is 48.7 Å². The van der Waals surface area contributed by atoms with Crippen molar-refractivity contribution in [2.75, 3.05) is 26.8 Å². The summed E-state index contributed by atoms with van der Waals surface area (Å²) < 4.78 is 7.07. The molecule has 1 N–H and O–H groups in total. The molecule has 1 unspecified atom stereocenters. The third-order valence-corrected chi connectivity index (χ3v) is 4.44. The zero-order valence-corrected chi connectivity index (χ0v) is 14.4. The number of hydrogen-bond acceptors (Lipinski definition) is 3. The van der Waals surface area contributed by atoms with Crippen molar-refractivity contribution in [1.82, 2.24) is 14.8 Å². The Morgan fingerprint density at radius 2 is 2.04 bits per heavy atom. The van der Waals surface area contributed by atoms with Crippen molar-refractivity contribution in [3.05, 3.63) is 59.9 Å². The number of amides is 2. The molecule has 1 aromatic heterocycles. The lowest BCUT2D eigenvalue weighted by molar-refractivity contribution is -0.120. The third-order valence-electron chi connectivity index (χ3n) is 4.44. The average molecular weight is 341 g/mol. The summed E-state index contributed by atoms with van der Waals surface area (Å²) in [6.07, 6.45) is 2.24. The Labute approximate surface area is 147 Å². The van der Waals surface area contributed by atoms with Crippen molar-refractivity contribution < 1.29 is 14.3 Å². The van der Waals surface area contributed by atoms with Gasteiger partial charge in [0.25, 0.3) is 5.91 Å². The van der Waals surface area contributed by atoms with Crippen LogP contribution in [-0.4, -0.2) is 54.1 Å². The molecule has 132 valence electrons. The van der Waals surface area contributed by atoms with Gasteiger partial charge in [0.2, 0.25) is 5.91 Å². The van der Waals surface area contributed by atoms with Gasteiger partial charge >= 0.3 is 0 Å². The van der Waals surface area contributed by atoms with E-state index in [2.05, 4.69) is 5.32 Å². The first-order valence-corrected chi connectivity index (χ1v) is 8.44. The number of ether oxygens (including phenoxy) is 1. The lowest BCUT2D eigenvalue weighted by Crippen LogP contribution is -2.53. The average Bonchev–Trinajstić information content (AvgIpc) is 3.09. The van der Waals surface area contributed by atoms with Crippen molar-refractivity contribution in [2.45, 2.75) is 19.0 Å². The summed E-state index contributed by atoms with van der Waals surface area (Å²) in [5, 5.41) is 2.96. The summed E-state index contributed by atoms with van der Waals surface area (Å²) in [6, 6.07) is 13.2. The summed E-state index contributed by atoms with van der Waals surface area (Å²) in [5.74, 6) is -0.0562. The Kier molecular flexibility index (Phi) is 5.50. The lowest BCUT2D eigenvalue weighted by Gasteiger charge is -2.36. The van der Waals surface area contributed by atoms with Gasteiger partial charge in [-0.15, -0.1) is 0 Å². The third kappa shape index (κ3) is 4.09. The minimum absolute atomic E-state index is 0.0180. The van der Waals surface area contributed by atoms with Gasteiger partial charge in [-0.1, -0.05) is 30.3 Å². The summed E-state index contributed by atoms with van der Waals surface area (Å²) in [4.78, 5) is 26.7. The van der Waals surface area contributed by atoms with Gasteiger partial charge in [-0.25, -0.2) is 0 Å². The van der Waals surface area contributed by atoms with Crippen molar-refractivity contribution in [2.24, 2.45) is 0 Å². The molecule has 2 heterocycles. The molecule has 0 radical (unpaired) electrons. The Bertz CT molecular complexity index is 727. The SMILES string of the molecule is COCCN1C(=O)c2cccn2CC1CNC(=O)Cc1ccccc1. The fraction of sp³-hybridized carbons (Fsp3) is 0.368. The maximum atomic E-state index is 12.7. The predicted molar refractivity (Wildman–Crippen MR) is 94.3 cm³/mol. The zero-order valence-electron chi connectivity index (χ0n) is 14.4. The molecule has 1 aliphatic rings. The van der Waals surface area contributed by atoms with E-state index in [1.54, 1.807) is 12.0 Å². The first-order valence-electron chi connectivity index (χ1n) is 8.44. The van der Waals surface area contributed by atoms with E-state index in [0.717, 1.165) is 5.56 Å². The highest BCUT2D eigenvalue weighted by Gasteiger charge is 2.31. The number of aromatic nitrogens is 1. The summed E-state index contributed by atoms with van der Waals surface area (Å²) in [7, 11) is 1.62. The van der Waals surface area contributed by atoms with Gasteiger partial charge in [0.1, 0.15) is 5.69 Å². The quantitative estimate of drug-likeness (QED) is 0.826. The van der Waals surface area contributed by atoms with Gasteiger partial charge in [-0.3, -0.25) is 9.59 Å². The molecular formula is C19H23N3O3. The summed E-state index contributed by atoms with van der Waals surface area (Å²) >= 11 is 0. The van der Waals surface area contributed by atoms with E-state index in [1.165, 1.54) is 0 Å². The predicted octanol–water partition coefficient (Wildman–Crippen LogP) is 1.32. The maximum Gasteiger partial charge on any atom is 0.270 e. The standard InChI is InChI=1S/C19H23N3O3/c1-25-11-10-22-16(14-21-9-5-8-17(21)19(22)24)13-20-18(23)12-15-6-3-2-4-7-15/h2-9,16H,10-14H2,1H3,(H,20,23). The summed E-state index contributed by atoms with van der Waals surface area (Å²) in [6.45, 7) is 2.09. The van der Waals surface area contributed by atoms with Crippen LogP contribution in [0.25, 0.3) is 0 Å². The van der Waals surface area contributed by atoms with E-state index in [0.29, 0.717) is 38.4 Å². The van der Waals surface area contributed by atoms with Crippen LogP contribution >= 0.6 is 0 Å². The van der Waals surface area contributed by atoms with Crippen LogP contribution in [0.1, 0.15) is 16.1 Å². The number of fused-ring (bicyclic) bond motifs is 1. The van der Waals surface area contributed by atoms with Crippen LogP contribution in [0.5, 0.6) is 0 Å². The van der Waals surface area contributed by atoms with E-state index in [4.69, 9.17) is 4.74 Å². The van der Waals surface area contributed by atoms with E-state index in [9.17, 15) is 9.59 Å². The molecular weight excluding hydrogens is 318 g/mol. The molecule has 0 fully saturated rings. The highest BCUT2D eigenvalue weighted by atomic mass is 16.5. The normalized spacial score (nSPS) is 16.6. The largest absolute Gasteiger partial charge is 0.383 e. The fourth-order valence-electron chi connectivity index (χ4n) is 3.13. The number of rotatable bonds is 7. The number of nitrogens with zero attached hydrogens (tertiary/aromatic N) is 2. The lowest BCUT2D eigenvalue weighted by atomic mass is 10.1. The van der Waals surface area contributed by atoms with Crippen LogP contribution in [0.4, 0.5) is 0 Å². The smallest absolute Gasteiger partial charge is 0.270 e. The van der Waals surface area contributed by atoms with Crippen LogP contribution in [0.2, 0.25) is 0 Å². The maximum absolute atomic E-state index is 12.7. The van der Waals surface area contributed by atoms with Crippen LogP contribution < -0.4 is 5.32 Å². The molecule has 1 aromatic carbocycles. The number of benzene rings is 1. The molecule has 1 aliphatic heterocycles. The van der Waals surface area contributed by atoms with Crippen molar-refractivity contribution >= 4 is 11.8 Å². The van der Waals surface area contributed by atoms with Crippen LogP contribution in [0.3, 0.4) is 0 Å². The van der Waals surface area contributed by atoms with Crippen molar-refractivity contribution in [1.29, 1.82) is 0 Å². The molecule has 3 rings (SSSR count). The van der Waals surface area contributed by atoms with Gasteiger partial charge < -0.3 is 19.5 Å². The van der Waals surface area contributed by atoms with E-state index < -0.39 is 0 Å². The second-order valence-corrected chi connectivity index (χ2v) is 6.16. The molecule has 6 nitrogen and oxygen atoms in total. The zero-order chi connectivity index (χ0) is 17.6. The van der Waals surface area contributed by atoms with E-state index >= 15 is 0 Å². The van der Waals surface area contributed by atoms with Gasteiger partial charge in [0.05, 0.1) is 19.1 Å². The Morgan fingerprint density at radius 1 is 1.24 bits per heavy atom. The molecule has 1 atom stereocenters. The summed E-state index contributed by atoms with van der Waals surface area (Å²) in [5.41, 5.74) is 1.66. The number of carbonyl (C=O) groups is 2. The second-order valence-electron chi connectivity index (χ2n) is 6.16. The van der Waals surface area contributed by atoms with Crippen LogP contribution in [-0.2, 0) is 22.5 Å². The molecule has 2 aromatic rings. The molecule has 0 saturated carbocycles. The molecule has 0 spiro atoms. The van der Waals surface area contributed by atoms with E-state index in [-0.39, 0.29) is 17.9 Å². The van der Waals surface area contributed by atoms with E-state index in [1.807, 2.05) is 53.2 Å². The van der Waals surface area contributed by atoms with Gasteiger partial charge in [0, 0.05) is 32.9 Å². The van der Waals surface area contributed by atoms with Gasteiger partial charge in [0.15, 0.2) is 0 Å². The molecule has 2 amide bonds. The number of nitrogens with one attached hydrogen (secondary N) is 1. The molecule has 6 heteroatoms. The second kappa shape index (κ2) is 7.98. The number of hydrogen-bond donors (Lipinski definition) is 1. The first kappa shape index (κ1) is 17.2. The fourth-order valence-corrected chi connectivity index (χ4v) is 3.13. The Morgan fingerprint density at radius 3 is 2.80 bits per heavy atom. The van der Waals surface area contributed by atoms with Gasteiger partial charge in [-0.05, 0) is 17.7 Å². The van der Waals surface area contributed by atoms with Crippen molar-refractivity contribution in [3.63, 3.8) is 0 Å². The molecule has 0 bridgehead atoms. The Hall–Kier alpha value is -2.60. The molecule has 0 saturated heterocycles. The minimum atomic E-state index is -0.0812. The highest BCUT2D eigenvalue weighted by molar-refractivity contribution is 5.93. The number of carbonyl (C=O) groups excluding carboxylic acids is 2. The topological polar surface area (TPSA) is 63.6 Å². The first-order chi connectivity index (χ1) is 12.2. The Balaban J connectivity index is 1.63. The van der Waals surface area contributed by atoms with Crippen molar-refractivity contribution in [3.8, 4) is 0 Å². The number of methoxy groups -OCH3 is 1. The molecule has 0 aliphatic carbocycles. The van der Waals surface area contributed by atoms with Crippen LogP contribution in [0, 0.1) is 0 Å². The monoisotopic (exact) mass is 341 g/mol.